The van der Waals surface area contributed by atoms with E-state index in [0.29, 0.717) is 5.75 Å². The molecule has 0 amide bonds. The van der Waals surface area contributed by atoms with Crippen LogP contribution in [0.25, 0.3) is 5.57 Å². The monoisotopic (exact) mass is 409 g/mol. The van der Waals surface area contributed by atoms with Gasteiger partial charge in [0.1, 0.15) is 5.75 Å². The van der Waals surface area contributed by atoms with Crippen LogP contribution in [0.3, 0.4) is 0 Å². The number of hydrogen-bond acceptors (Lipinski definition) is 4. The molecule has 0 spiro atoms. The molecule has 28 heavy (non-hydrogen) atoms. The number of rotatable bonds is 4. The van der Waals surface area contributed by atoms with Crippen LogP contribution in [0.1, 0.15) is 11.1 Å². The van der Waals surface area contributed by atoms with Crippen LogP contribution in [0.4, 0.5) is 11.4 Å². The Morgan fingerprint density at radius 3 is 1.82 bits per heavy atom. The van der Waals surface area contributed by atoms with Crippen LogP contribution in [0.2, 0.25) is 0 Å². The Bertz CT molecular complexity index is 946. The first kappa shape index (κ1) is 23.2. The third kappa shape index (κ3) is 4.55. The second-order valence-corrected chi connectivity index (χ2v) is 6.17. The molecule has 0 aromatic heterocycles. The zero-order chi connectivity index (χ0) is 17.9. The van der Waals surface area contributed by atoms with Crippen LogP contribution in [0.15, 0.2) is 84.8 Å². The third-order valence-corrected chi connectivity index (χ3v) is 4.59. The van der Waals surface area contributed by atoms with Gasteiger partial charge in [0.15, 0.2) is 0 Å². The van der Waals surface area contributed by atoms with E-state index in [1.54, 1.807) is 0 Å². The van der Waals surface area contributed by atoms with Gasteiger partial charge in [-0.2, -0.15) is 0 Å². The van der Waals surface area contributed by atoms with Gasteiger partial charge in [-0.3, -0.25) is 0 Å². The van der Waals surface area contributed by atoms with Crippen molar-refractivity contribution in [2.45, 2.75) is 0 Å². The molecule has 0 radical (unpaired) electrons. The Hall–Kier alpha value is -1.10. The average Bonchev–Trinajstić information content (AvgIpc) is 2.69. The van der Waals surface area contributed by atoms with Crippen molar-refractivity contribution in [3.8, 4) is 5.75 Å². The summed E-state index contributed by atoms with van der Waals surface area (Å²) in [6.45, 7) is 0. The molecule has 4 nitrogen and oxygen atoms in total. The number of ether oxygens (including phenoxy) is 1. The number of para-hydroxylation sites is 3. The van der Waals surface area contributed by atoms with E-state index < -0.39 is 8.69 Å². The van der Waals surface area contributed by atoms with E-state index in [4.69, 9.17) is 9.26 Å². The van der Waals surface area contributed by atoms with E-state index in [1.807, 2.05) is 85.9 Å². The summed E-state index contributed by atoms with van der Waals surface area (Å²) in [5.74, 6) is 0.827. The van der Waals surface area contributed by atoms with Crippen molar-refractivity contribution in [2.24, 2.45) is 0 Å². The number of hydrogen-bond donors (Lipinski definition) is 0. The van der Waals surface area contributed by atoms with Crippen LogP contribution in [-0.4, -0.2) is 66.2 Å². The van der Waals surface area contributed by atoms with Gasteiger partial charge in [0.25, 0.3) is 0 Å². The predicted molar refractivity (Wildman–Crippen MR) is 117 cm³/mol. The van der Waals surface area contributed by atoms with Gasteiger partial charge in [-0.1, -0.05) is 54.6 Å². The van der Waals surface area contributed by atoms with Crippen LogP contribution >= 0.6 is 8.69 Å². The van der Waals surface area contributed by atoms with Crippen molar-refractivity contribution in [2.75, 3.05) is 11.9 Å². The molecule has 1 aliphatic heterocycles. The second-order valence-electron chi connectivity index (χ2n) is 5.84. The summed E-state index contributed by atoms with van der Waals surface area (Å²) in [6, 6.07) is 25.4. The van der Waals surface area contributed by atoms with Gasteiger partial charge in [0, 0.05) is 29.5 Å². The maximum absolute atomic E-state index is 11.3. The van der Waals surface area contributed by atoms with Gasteiger partial charge >= 0.3 is 73.7 Å². The van der Waals surface area contributed by atoms with Crippen LogP contribution < -0.4 is 9.64 Å². The first-order valence-electron chi connectivity index (χ1n) is 8.19. The van der Waals surface area contributed by atoms with E-state index >= 15 is 0 Å². The molecule has 132 valence electrons. The third-order valence-electron chi connectivity index (χ3n) is 4.35. The van der Waals surface area contributed by atoms with Gasteiger partial charge in [0.2, 0.25) is 0 Å². The Labute approximate surface area is 210 Å². The molecule has 1 aliphatic rings. The van der Waals surface area contributed by atoms with Crippen molar-refractivity contribution in [1.82, 2.24) is 0 Å². The van der Waals surface area contributed by atoms with E-state index in [9.17, 15) is 4.57 Å². The fraction of sp³-hybridized carbons (Fsp3) is 0.0476. The number of fused-ring (bicyclic) bond motifs is 2. The minimum atomic E-state index is -0.469. The fourth-order valence-corrected chi connectivity index (χ4v) is 3.39. The van der Waals surface area contributed by atoms with E-state index in [0.717, 1.165) is 28.1 Å². The summed E-state index contributed by atoms with van der Waals surface area (Å²) in [6.07, 6.45) is 0. The summed E-state index contributed by atoms with van der Waals surface area (Å²) >= 11 is 0. The van der Waals surface area contributed by atoms with Crippen LogP contribution in [0, 0.1) is 0 Å². The minimum absolute atomic E-state index is 0. The molecule has 4 rings (SSSR count). The summed E-state index contributed by atoms with van der Waals surface area (Å²) in [5.41, 5.74) is 4.76. The second kappa shape index (κ2) is 10.6. The topological polar surface area (TPSA) is 38.8 Å². The van der Waals surface area contributed by atoms with Crippen molar-refractivity contribution in [1.29, 1.82) is 0 Å². The fourth-order valence-electron chi connectivity index (χ4n) is 3.19. The molecular formula is C21H18NNa2O3P. The van der Waals surface area contributed by atoms with Gasteiger partial charge in [-0.05, 0) is 24.3 Å². The van der Waals surface area contributed by atoms with E-state index in [-0.39, 0.29) is 65.1 Å². The molecule has 0 unspecified atom stereocenters. The first-order valence-corrected chi connectivity index (χ1v) is 8.92. The molecule has 1 heterocycles. The summed E-state index contributed by atoms with van der Waals surface area (Å²) in [7, 11) is 1.56. The predicted octanol–water partition coefficient (Wildman–Crippen LogP) is 4.49. The molecule has 0 aliphatic carbocycles. The Balaban J connectivity index is 0.00000140. The molecule has 3 aromatic rings. The standard InChI is InChI=1S/C21H16NO3P.2Na.2H/c1-22-18-13-7-5-11-16(18)20(17-12-6-8-14-19(17)22)21(25-26-23)24-15-9-3-2-4-10-15;;;;/h2-14H,1H3;;;;. The number of benzene rings is 3. The number of anilines is 2. The summed E-state index contributed by atoms with van der Waals surface area (Å²) < 4.78 is 22.7. The van der Waals surface area contributed by atoms with Crippen LogP contribution in [0.5, 0.6) is 5.75 Å². The normalized spacial score (nSPS) is 11.5. The van der Waals surface area contributed by atoms with Crippen molar-refractivity contribution >= 4 is 84.7 Å². The number of nitrogens with zero attached hydrogens (tertiary/aromatic N) is 1. The molecule has 0 atom stereocenters. The van der Waals surface area contributed by atoms with E-state index in [2.05, 4.69) is 4.90 Å². The maximum atomic E-state index is 11.3. The van der Waals surface area contributed by atoms with Gasteiger partial charge < -0.3 is 14.2 Å². The zero-order valence-corrected chi connectivity index (χ0v) is 15.0. The summed E-state index contributed by atoms with van der Waals surface area (Å²) in [4.78, 5) is 2.13. The molecule has 0 saturated heterocycles. The van der Waals surface area contributed by atoms with Crippen LogP contribution in [-0.2, 0) is 9.09 Å². The van der Waals surface area contributed by atoms with Crippen molar-refractivity contribution < 1.29 is 13.8 Å². The quantitative estimate of drug-likeness (QED) is 0.362. The molecule has 0 N–H and O–H groups in total. The molecule has 3 aromatic carbocycles. The molecule has 0 saturated carbocycles. The molecule has 0 fully saturated rings. The molecular weight excluding hydrogens is 391 g/mol. The van der Waals surface area contributed by atoms with Gasteiger partial charge in [-0.15, -0.1) is 0 Å². The van der Waals surface area contributed by atoms with Gasteiger partial charge in [-0.25, -0.2) is 4.57 Å². The Kier molecular flexibility index (Phi) is 8.79. The van der Waals surface area contributed by atoms with Crippen molar-refractivity contribution in [3.63, 3.8) is 0 Å². The van der Waals surface area contributed by atoms with E-state index in [1.165, 1.54) is 0 Å². The molecule has 7 heteroatoms. The Morgan fingerprint density at radius 2 is 1.29 bits per heavy atom. The van der Waals surface area contributed by atoms with Crippen molar-refractivity contribution in [3.05, 3.63) is 95.9 Å². The summed E-state index contributed by atoms with van der Waals surface area (Å²) in [5, 5.41) is 0. The average molecular weight is 409 g/mol. The molecule has 0 bridgehead atoms. The zero-order valence-electron chi connectivity index (χ0n) is 14.1. The first-order chi connectivity index (χ1) is 12.8. The van der Waals surface area contributed by atoms with Gasteiger partial charge in [0.05, 0.1) is 5.57 Å². The SMILES string of the molecule is CN1c2ccccc2C(=C(OP=O)Oc2ccccc2)c2ccccc21.[NaH].[NaH]. The Morgan fingerprint density at radius 1 is 0.786 bits per heavy atom.